The fourth-order valence-electron chi connectivity index (χ4n) is 2.20. The smallest absolute Gasteiger partial charge is 0.230 e. The summed E-state index contributed by atoms with van der Waals surface area (Å²) in [5, 5.41) is 14.9. The number of halogens is 1. The normalized spacial score (nSPS) is 17.5. The number of nitrogens with one attached hydrogen (secondary N) is 2. The number of nitrogens with zero attached hydrogens (tertiary/aromatic N) is 1. The molecule has 0 atom stereocenters. The number of hydrogen-bond donors (Lipinski definition) is 2. The van der Waals surface area contributed by atoms with E-state index in [1.165, 1.54) is 12.1 Å². The molecule has 1 amide bonds. The van der Waals surface area contributed by atoms with E-state index < -0.39 is 11.2 Å². The molecular weight excluding hydrogens is 245 g/mol. The maximum atomic E-state index is 13.0. The Morgan fingerprint density at radius 1 is 1.47 bits per heavy atom. The van der Waals surface area contributed by atoms with Crippen LogP contribution in [-0.2, 0) is 4.79 Å². The van der Waals surface area contributed by atoms with Gasteiger partial charge in [-0.05, 0) is 44.1 Å². The van der Waals surface area contributed by atoms with Gasteiger partial charge >= 0.3 is 0 Å². The van der Waals surface area contributed by atoms with Gasteiger partial charge in [0.2, 0.25) is 5.91 Å². The lowest BCUT2D eigenvalue weighted by Gasteiger charge is -2.32. The third-order valence-corrected chi connectivity index (χ3v) is 3.61. The number of anilines is 1. The molecule has 0 unspecified atom stereocenters. The van der Waals surface area contributed by atoms with Crippen LogP contribution in [0.4, 0.5) is 10.1 Å². The molecule has 100 valence electrons. The SMILES string of the molecule is CC1(C(=O)Nc2ccc(F)cc2C#N)CCNCC1. The number of carbonyl (C=O) groups is 1. The predicted molar refractivity (Wildman–Crippen MR) is 70.0 cm³/mol. The molecule has 19 heavy (non-hydrogen) atoms. The first-order valence-corrected chi connectivity index (χ1v) is 6.27. The van der Waals surface area contributed by atoms with Crippen molar-refractivity contribution in [3.8, 4) is 6.07 Å². The summed E-state index contributed by atoms with van der Waals surface area (Å²) < 4.78 is 13.0. The summed E-state index contributed by atoms with van der Waals surface area (Å²) in [6.45, 7) is 3.52. The second-order valence-corrected chi connectivity index (χ2v) is 5.07. The highest BCUT2D eigenvalue weighted by Crippen LogP contribution is 2.30. The van der Waals surface area contributed by atoms with Crippen molar-refractivity contribution in [1.29, 1.82) is 5.26 Å². The highest BCUT2D eigenvalue weighted by molar-refractivity contribution is 5.96. The maximum absolute atomic E-state index is 13.0. The average molecular weight is 261 g/mol. The Labute approximate surface area is 111 Å². The lowest BCUT2D eigenvalue weighted by molar-refractivity contribution is -0.126. The fraction of sp³-hybridized carbons (Fsp3) is 0.429. The van der Waals surface area contributed by atoms with Gasteiger partial charge in [0.25, 0.3) is 0 Å². The van der Waals surface area contributed by atoms with Crippen molar-refractivity contribution in [2.24, 2.45) is 5.41 Å². The first-order valence-electron chi connectivity index (χ1n) is 6.27. The Balaban J connectivity index is 2.17. The van der Waals surface area contributed by atoms with E-state index >= 15 is 0 Å². The van der Waals surface area contributed by atoms with Crippen molar-refractivity contribution in [2.45, 2.75) is 19.8 Å². The van der Waals surface area contributed by atoms with Gasteiger partial charge in [0.15, 0.2) is 0 Å². The zero-order chi connectivity index (χ0) is 13.9. The van der Waals surface area contributed by atoms with Crippen LogP contribution in [0.1, 0.15) is 25.3 Å². The molecule has 0 radical (unpaired) electrons. The van der Waals surface area contributed by atoms with Crippen LogP contribution in [0.5, 0.6) is 0 Å². The van der Waals surface area contributed by atoms with E-state index in [-0.39, 0.29) is 11.5 Å². The summed E-state index contributed by atoms with van der Waals surface area (Å²) >= 11 is 0. The van der Waals surface area contributed by atoms with E-state index in [2.05, 4.69) is 10.6 Å². The van der Waals surface area contributed by atoms with E-state index in [1.54, 1.807) is 0 Å². The summed E-state index contributed by atoms with van der Waals surface area (Å²) in [6.07, 6.45) is 1.50. The Morgan fingerprint density at radius 3 is 2.79 bits per heavy atom. The Kier molecular flexibility index (Phi) is 3.82. The molecule has 1 saturated heterocycles. The van der Waals surface area contributed by atoms with Crippen LogP contribution >= 0.6 is 0 Å². The van der Waals surface area contributed by atoms with Gasteiger partial charge < -0.3 is 10.6 Å². The van der Waals surface area contributed by atoms with Crippen molar-refractivity contribution in [3.63, 3.8) is 0 Å². The van der Waals surface area contributed by atoms with Crippen LogP contribution in [0.25, 0.3) is 0 Å². The zero-order valence-electron chi connectivity index (χ0n) is 10.8. The predicted octanol–water partition coefficient (Wildman–Crippen LogP) is 2.03. The molecule has 2 N–H and O–H groups in total. The minimum absolute atomic E-state index is 0.114. The summed E-state index contributed by atoms with van der Waals surface area (Å²) in [7, 11) is 0. The molecule has 1 heterocycles. The third-order valence-electron chi connectivity index (χ3n) is 3.61. The number of nitriles is 1. The molecule has 1 aliphatic rings. The van der Waals surface area contributed by atoms with Crippen LogP contribution in [0, 0.1) is 22.6 Å². The molecular formula is C14H16FN3O. The first-order chi connectivity index (χ1) is 9.05. The number of benzene rings is 1. The van der Waals surface area contributed by atoms with Gasteiger partial charge in [0.1, 0.15) is 11.9 Å². The van der Waals surface area contributed by atoms with Gasteiger partial charge in [-0.15, -0.1) is 0 Å². The quantitative estimate of drug-likeness (QED) is 0.856. The standard InChI is InChI=1S/C14H16FN3O/c1-14(4-6-17-7-5-14)13(19)18-12-3-2-11(15)8-10(12)9-16/h2-3,8,17H,4-7H2,1H3,(H,18,19). The molecule has 1 fully saturated rings. The van der Waals surface area contributed by atoms with Gasteiger partial charge in [-0.25, -0.2) is 4.39 Å². The van der Waals surface area contributed by atoms with Crippen molar-refractivity contribution in [3.05, 3.63) is 29.6 Å². The molecule has 0 saturated carbocycles. The third kappa shape index (κ3) is 2.91. The van der Waals surface area contributed by atoms with Gasteiger partial charge in [-0.3, -0.25) is 4.79 Å². The number of hydrogen-bond acceptors (Lipinski definition) is 3. The van der Waals surface area contributed by atoms with Crippen LogP contribution in [0.15, 0.2) is 18.2 Å². The van der Waals surface area contributed by atoms with Gasteiger partial charge in [0.05, 0.1) is 11.3 Å². The minimum atomic E-state index is -0.484. The number of amides is 1. The van der Waals surface area contributed by atoms with Crippen molar-refractivity contribution >= 4 is 11.6 Å². The van der Waals surface area contributed by atoms with Crippen molar-refractivity contribution in [2.75, 3.05) is 18.4 Å². The number of carbonyl (C=O) groups excluding carboxylic acids is 1. The summed E-state index contributed by atoms with van der Waals surface area (Å²) in [5.74, 6) is -0.597. The van der Waals surface area contributed by atoms with Crippen LogP contribution in [0.2, 0.25) is 0 Å². The van der Waals surface area contributed by atoms with Gasteiger partial charge in [0, 0.05) is 5.41 Å². The summed E-state index contributed by atoms with van der Waals surface area (Å²) in [5.41, 5.74) is 0.0753. The monoisotopic (exact) mass is 261 g/mol. The number of rotatable bonds is 2. The molecule has 0 aromatic heterocycles. The van der Waals surface area contributed by atoms with E-state index in [4.69, 9.17) is 5.26 Å². The van der Waals surface area contributed by atoms with Gasteiger partial charge in [-0.1, -0.05) is 6.92 Å². The highest BCUT2D eigenvalue weighted by atomic mass is 19.1. The van der Waals surface area contributed by atoms with E-state index in [9.17, 15) is 9.18 Å². The van der Waals surface area contributed by atoms with Gasteiger partial charge in [-0.2, -0.15) is 5.26 Å². The molecule has 1 aliphatic heterocycles. The van der Waals surface area contributed by atoms with Crippen molar-refractivity contribution < 1.29 is 9.18 Å². The largest absolute Gasteiger partial charge is 0.324 e. The fourth-order valence-corrected chi connectivity index (χ4v) is 2.20. The highest BCUT2D eigenvalue weighted by Gasteiger charge is 2.34. The maximum Gasteiger partial charge on any atom is 0.230 e. The van der Waals surface area contributed by atoms with E-state index in [0.29, 0.717) is 5.69 Å². The number of piperidine rings is 1. The molecule has 0 spiro atoms. The first kappa shape index (κ1) is 13.5. The molecule has 5 heteroatoms. The van der Waals surface area contributed by atoms with E-state index in [1.807, 2.05) is 13.0 Å². The Bertz CT molecular complexity index is 530. The topological polar surface area (TPSA) is 64.9 Å². The summed E-state index contributed by atoms with van der Waals surface area (Å²) in [6, 6.07) is 5.68. The Hall–Kier alpha value is -1.93. The lowest BCUT2D eigenvalue weighted by atomic mass is 9.80. The second kappa shape index (κ2) is 5.37. The van der Waals surface area contributed by atoms with E-state index in [0.717, 1.165) is 32.0 Å². The summed E-state index contributed by atoms with van der Waals surface area (Å²) in [4.78, 5) is 12.3. The molecule has 0 bridgehead atoms. The lowest BCUT2D eigenvalue weighted by Crippen LogP contribution is -2.42. The molecule has 1 aromatic carbocycles. The molecule has 1 aromatic rings. The van der Waals surface area contributed by atoms with Crippen molar-refractivity contribution in [1.82, 2.24) is 5.32 Å². The molecule has 0 aliphatic carbocycles. The second-order valence-electron chi connectivity index (χ2n) is 5.07. The zero-order valence-corrected chi connectivity index (χ0v) is 10.8. The minimum Gasteiger partial charge on any atom is -0.324 e. The molecule has 4 nitrogen and oxygen atoms in total. The molecule has 2 rings (SSSR count). The average Bonchev–Trinajstić information content (AvgIpc) is 2.41. The van der Waals surface area contributed by atoms with Crippen LogP contribution < -0.4 is 10.6 Å². The Morgan fingerprint density at radius 2 is 2.16 bits per heavy atom. The van der Waals surface area contributed by atoms with Crippen LogP contribution in [-0.4, -0.2) is 19.0 Å². The van der Waals surface area contributed by atoms with Crippen LogP contribution in [0.3, 0.4) is 0 Å².